The molecule has 2 aliphatic rings. The standard InChI is InChI=1S/C28H28N4O3/c1-31-13-15-32(16-14-31)18-19-7-10-22(11-8-19)29-26(20-5-3-2-4-6-20)25-23-12-9-21(28(34)35)17-24(23)30-27(25)33/h2-12,17,25H,13-16,18H2,1H3,(H,30,33)(H,34,35). The van der Waals surface area contributed by atoms with Gasteiger partial charge in [-0.15, -0.1) is 0 Å². The van der Waals surface area contributed by atoms with Gasteiger partial charge in [0, 0.05) is 38.4 Å². The van der Waals surface area contributed by atoms with Crippen molar-refractivity contribution in [3.63, 3.8) is 0 Å². The van der Waals surface area contributed by atoms with Crippen LogP contribution in [0.15, 0.2) is 77.8 Å². The molecule has 2 aliphatic heterocycles. The number of nitrogens with one attached hydrogen (secondary N) is 1. The van der Waals surface area contributed by atoms with Crippen LogP contribution in [0.5, 0.6) is 0 Å². The smallest absolute Gasteiger partial charge is 0.335 e. The summed E-state index contributed by atoms with van der Waals surface area (Å²) in [6.07, 6.45) is 0. The summed E-state index contributed by atoms with van der Waals surface area (Å²) in [6, 6.07) is 22.6. The van der Waals surface area contributed by atoms with Gasteiger partial charge in [-0.2, -0.15) is 0 Å². The van der Waals surface area contributed by atoms with Gasteiger partial charge in [-0.3, -0.25) is 14.7 Å². The number of rotatable bonds is 6. The maximum atomic E-state index is 13.1. The molecule has 0 saturated carbocycles. The average Bonchev–Trinajstić information content (AvgIpc) is 3.20. The van der Waals surface area contributed by atoms with Gasteiger partial charge in [0.05, 0.1) is 17.0 Å². The van der Waals surface area contributed by atoms with Gasteiger partial charge >= 0.3 is 5.97 Å². The van der Waals surface area contributed by atoms with E-state index in [1.54, 1.807) is 6.07 Å². The highest BCUT2D eigenvalue weighted by Crippen LogP contribution is 2.37. The number of benzene rings is 3. The number of carboxylic acids is 1. The number of carboxylic acid groups (broad SMARTS) is 1. The molecule has 0 spiro atoms. The van der Waals surface area contributed by atoms with Crippen molar-refractivity contribution in [2.75, 3.05) is 38.5 Å². The van der Waals surface area contributed by atoms with Crippen LogP contribution in [-0.2, 0) is 11.3 Å². The number of carbonyl (C=O) groups excluding carboxylic acids is 1. The molecule has 7 nitrogen and oxygen atoms in total. The second-order valence-corrected chi connectivity index (χ2v) is 9.14. The topological polar surface area (TPSA) is 85.2 Å². The molecule has 2 heterocycles. The second-order valence-electron chi connectivity index (χ2n) is 9.14. The minimum atomic E-state index is -1.03. The Morgan fingerprint density at radius 3 is 2.37 bits per heavy atom. The number of hydrogen-bond acceptors (Lipinski definition) is 5. The van der Waals surface area contributed by atoms with E-state index in [-0.39, 0.29) is 11.5 Å². The van der Waals surface area contributed by atoms with E-state index in [1.807, 2.05) is 42.5 Å². The number of anilines is 1. The normalized spacial score (nSPS) is 18.8. The number of carbonyl (C=O) groups is 2. The molecule has 1 atom stereocenters. The van der Waals surface area contributed by atoms with E-state index >= 15 is 0 Å². The Hall–Kier alpha value is -3.81. The molecule has 3 aromatic rings. The van der Waals surface area contributed by atoms with Gasteiger partial charge in [0.15, 0.2) is 0 Å². The first-order valence-electron chi connectivity index (χ1n) is 11.8. The van der Waals surface area contributed by atoms with E-state index in [0.717, 1.165) is 49.5 Å². The fourth-order valence-electron chi connectivity index (χ4n) is 4.65. The third-order valence-electron chi connectivity index (χ3n) is 6.66. The summed E-state index contributed by atoms with van der Waals surface area (Å²) >= 11 is 0. The summed E-state index contributed by atoms with van der Waals surface area (Å²) < 4.78 is 0. The molecule has 0 aliphatic carbocycles. The maximum absolute atomic E-state index is 13.1. The Morgan fingerprint density at radius 1 is 0.971 bits per heavy atom. The highest BCUT2D eigenvalue weighted by molar-refractivity contribution is 6.24. The number of nitrogens with zero attached hydrogens (tertiary/aromatic N) is 3. The molecule has 1 fully saturated rings. The zero-order valence-corrected chi connectivity index (χ0v) is 19.6. The van der Waals surface area contributed by atoms with Crippen LogP contribution >= 0.6 is 0 Å². The Bertz CT molecular complexity index is 1260. The lowest BCUT2D eigenvalue weighted by Gasteiger charge is -2.32. The van der Waals surface area contributed by atoms with Gasteiger partial charge in [-0.05, 0) is 48.0 Å². The maximum Gasteiger partial charge on any atom is 0.335 e. The van der Waals surface area contributed by atoms with Gasteiger partial charge in [0.25, 0.3) is 0 Å². The Labute approximate surface area is 204 Å². The third kappa shape index (κ3) is 5.01. The number of amides is 1. The second kappa shape index (κ2) is 9.82. The van der Waals surface area contributed by atoms with Gasteiger partial charge in [-0.1, -0.05) is 48.5 Å². The number of aromatic carboxylic acids is 1. The molecule has 5 rings (SSSR count). The average molecular weight is 469 g/mol. The number of hydrogen-bond donors (Lipinski definition) is 2. The van der Waals surface area contributed by atoms with Crippen molar-refractivity contribution < 1.29 is 14.7 Å². The minimum absolute atomic E-state index is 0.138. The lowest BCUT2D eigenvalue weighted by Crippen LogP contribution is -2.43. The molecule has 1 amide bonds. The van der Waals surface area contributed by atoms with Gasteiger partial charge < -0.3 is 15.3 Å². The molecule has 2 N–H and O–H groups in total. The van der Waals surface area contributed by atoms with Crippen LogP contribution in [0.25, 0.3) is 0 Å². The van der Waals surface area contributed by atoms with E-state index in [4.69, 9.17) is 4.99 Å². The first kappa shape index (κ1) is 23.0. The van der Waals surface area contributed by atoms with Crippen LogP contribution in [0.3, 0.4) is 0 Å². The molecule has 1 unspecified atom stereocenters. The zero-order chi connectivity index (χ0) is 24.4. The first-order valence-corrected chi connectivity index (χ1v) is 11.8. The summed E-state index contributed by atoms with van der Waals surface area (Å²) in [5.41, 5.74) is 4.88. The molecule has 0 aromatic heterocycles. The summed E-state index contributed by atoms with van der Waals surface area (Å²) in [5.74, 6) is -1.86. The van der Waals surface area contributed by atoms with Crippen molar-refractivity contribution in [1.29, 1.82) is 0 Å². The predicted molar refractivity (Wildman–Crippen MR) is 137 cm³/mol. The summed E-state index contributed by atoms with van der Waals surface area (Å²) in [4.78, 5) is 34.2. The highest BCUT2D eigenvalue weighted by atomic mass is 16.4. The number of piperazine rings is 1. The molecule has 7 heteroatoms. The monoisotopic (exact) mass is 468 g/mol. The summed E-state index contributed by atoms with van der Waals surface area (Å²) in [5, 5.41) is 12.2. The Kier molecular flexibility index (Phi) is 6.44. The van der Waals surface area contributed by atoms with E-state index in [0.29, 0.717) is 11.4 Å². The number of fused-ring (bicyclic) bond motifs is 1. The van der Waals surface area contributed by atoms with Crippen LogP contribution < -0.4 is 5.32 Å². The van der Waals surface area contributed by atoms with E-state index in [1.165, 1.54) is 17.7 Å². The fraction of sp³-hybridized carbons (Fsp3) is 0.250. The van der Waals surface area contributed by atoms with Crippen molar-refractivity contribution in [3.8, 4) is 0 Å². The first-order chi connectivity index (χ1) is 17.0. The van der Waals surface area contributed by atoms with Crippen molar-refractivity contribution in [2.24, 2.45) is 4.99 Å². The van der Waals surface area contributed by atoms with E-state index in [2.05, 4.69) is 34.3 Å². The quantitative estimate of drug-likeness (QED) is 0.535. The lowest BCUT2D eigenvalue weighted by molar-refractivity contribution is -0.115. The molecule has 35 heavy (non-hydrogen) atoms. The van der Waals surface area contributed by atoms with Gasteiger partial charge in [0.2, 0.25) is 5.91 Å². The van der Waals surface area contributed by atoms with Crippen LogP contribution in [0.1, 0.15) is 33.0 Å². The minimum Gasteiger partial charge on any atom is -0.478 e. The summed E-state index contributed by atoms with van der Waals surface area (Å²) in [6.45, 7) is 5.21. The third-order valence-corrected chi connectivity index (χ3v) is 6.66. The van der Waals surface area contributed by atoms with Crippen molar-refractivity contribution in [3.05, 3.63) is 95.1 Å². The highest BCUT2D eigenvalue weighted by Gasteiger charge is 2.35. The Morgan fingerprint density at radius 2 is 1.69 bits per heavy atom. The zero-order valence-electron chi connectivity index (χ0n) is 19.6. The molecular weight excluding hydrogens is 440 g/mol. The lowest BCUT2D eigenvalue weighted by atomic mass is 9.90. The van der Waals surface area contributed by atoms with Crippen LogP contribution in [-0.4, -0.2) is 65.7 Å². The molecule has 3 aromatic carbocycles. The van der Waals surface area contributed by atoms with Gasteiger partial charge in [0.1, 0.15) is 5.92 Å². The van der Waals surface area contributed by atoms with E-state index < -0.39 is 11.9 Å². The van der Waals surface area contributed by atoms with Crippen molar-refractivity contribution in [2.45, 2.75) is 12.5 Å². The molecule has 0 bridgehead atoms. The van der Waals surface area contributed by atoms with Crippen LogP contribution in [0.4, 0.5) is 11.4 Å². The molecule has 178 valence electrons. The number of aliphatic imine (C=N–C) groups is 1. The number of likely N-dealkylation sites (N-methyl/N-ethyl adjacent to an activating group) is 1. The predicted octanol–water partition coefficient (Wildman–Crippen LogP) is 3.99. The molecule has 1 saturated heterocycles. The van der Waals surface area contributed by atoms with E-state index in [9.17, 15) is 14.7 Å². The SMILES string of the molecule is CN1CCN(Cc2ccc(N=C(c3ccccc3)C3C(=O)Nc4cc(C(=O)O)ccc43)cc2)CC1. The summed E-state index contributed by atoms with van der Waals surface area (Å²) in [7, 11) is 2.16. The fourth-order valence-corrected chi connectivity index (χ4v) is 4.65. The van der Waals surface area contributed by atoms with Crippen LogP contribution in [0, 0.1) is 0 Å². The largest absolute Gasteiger partial charge is 0.478 e. The van der Waals surface area contributed by atoms with Crippen molar-refractivity contribution in [1.82, 2.24) is 9.80 Å². The van der Waals surface area contributed by atoms with Crippen LogP contribution in [0.2, 0.25) is 0 Å². The molecule has 0 radical (unpaired) electrons. The van der Waals surface area contributed by atoms with Crippen molar-refractivity contribution >= 4 is 29.0 Å². The Balaban J connectivity index is 1.45. The van der Waals surface area contributed by atoms with Gasteiger partial charge in [-0.25, -0.2) is 4.79 Å². The molecular formula is C28H28N4O3.